The minimum Gasteiger partial charge on any atom is -0.497 e. The largest absolute Gasteiger partial charge is 0.497 e. The maximum absolute atomic E-state index is 14.4. The molecule has 254 valence electrons. The van der Waals surface area contributed by atoms with Crippen LogP contribution in [0.1, 0.15) is 88.1 Å². The van der Waals surface area contributed by atoms with Gasteiger partial charge in [0.05, 0.1) is 37.5 Å². The minimum atomic E-state index is -0.425. The fourth-order valence-electron chi connectivity index (χ4n) is 6.49. The Bertz CT molecular complexity index is 1250. The zero-order valence-corrected chi connectivity index (χ0v) is 28.5. The van der Waals surface area contributed by atoms with Crippen molar-refractivity contribution in [2.75, 3.05) is 45.8 Å². The summed E-state index contributed by atoms with van der Waals surface area (Å²) in [5, 5.41) is 13.3. The van der Waals surface area contributed by atoms with E-state index in [-0.39, 0.29) is 42.5 Å². The monoisotopic (exact) mass is 637 g/mol. The first kappa shape index (κ1) is 35.7. The third kappa shape index (κ3) is 10.2. The number of amides is 2. The molecule has 1 heterocycles. The molecule has 1 aliphatic heterocycles. The van der Waals surface area contributed by atoms with Gasteiger partial charge in [-0.05, 0) is 88.9 Å². The first-order valence-corrected chi connectivity index (χ1v) is 17.1. The van der Waals surface area contributed by atoms with Crippen LogP contribution in [0.2, 0.25) is 0 Å². The van der Waals surface area contributed by atoms with E-state index in [9.17, 15) is 14.7 Å². The number of aliphatic hydroxyl groups excluding tert-OH is 1. The van der Waals surface area contributed by atoms with Crippen LogP contribution in [-0.2, 0) is 16.1 Å². The van der Waals surface area contributed by atoms with Crippen LogP contribution in [0.5, 0.6) is 11.5 Å². The highest BCUT2D eigenvalue weighted by atomic mass is 16.5. The molecule has 0 saturated heterocycles. The van der Waals surface area contributed by atoms with E-state index in [0.29, 0.717) is 36.7 Å². The van der Waals surface area contributed by atoms with E-state index >= 15 is 0 Å². The lowest BCUT2D eigenvalue weighted by molar-refractivity contribution is -0.120. The number of fused-ring (bicyclic) bond motifs is 1. The second kappa shape index (κ2) is 17.7. The fourth-order valence-corrected chi connectivity index (χ4v) is 6.49. The lowest BCUT2D eigenvalue weighted by Crippen LogP contribution is -2.47. The van der Waals surface area contributed by atoms with Gasteiger partial charge in [-0.1, -0.05) is 38.3 Å². The standard InChI is InChI=1S/C37H55N3O6/c1-26-22-40(27(2)25-41)37(43)33-21-31(38-36(42)30-12-7-6-8-13-30)16-19-34(33)46-28(3)11-9-10-20-45-35(26)24-39(4)23-29-14-17-32(44-5)18-15-29/h14-19,21,26-28,30,35,41H,6-13,20,22-25H2,1-5H3,(H,38,42)/t26-,27-,28-,35+/m1/s1. The lowest BCUT2D eigenvalue weighted by Gasteiger charge is -2.36. The molecule has 2 aromatic rings. The number of anilines is 1. The Labute approximate surface area is 275 Å². The molecule has 0 aromatic heterocycles. The van der Waals surface area contributed by atoms with E-state index in [2.05, 4.69) is 36.3 Å². The van der Waals surface area contributed by atoms with Gasteiger partial charge in [-0.25, -0.2) is 0 Å². The Morgan fingerprint density at radius 1 is 1.07 bits per heavy atom. The van der Waals surface area contributed by atoms with Crippen LogP contribution in [0.3, 0.4) is 0 Å². The van der Waals surface area contributed by atoms with Crippen LogP contribution in [0.4, 0.5) is 5.69 Å². The molecule has 2 aromatic carbocycles. The molecule has 1 aliphatic carbocycles. The molecule has 46 heavy (non-hydrogen) atoms. The zero-order valence-electron chi connectivity index (χ0n) is 28.5. The number of aliphatic hydroxyl groups is 1. The fraction of sp³-hybridized carbons (Fsp3) is 0.622. The average Bonchev–Trinajstić information content (AvgIpc) is 3.06. The summed E-state index contributed by atoms with van der Waals surface area (Å²) in [5.74, 6) is 1.09. The molecule has 0 radical (unpaired) electrons. The van der Waals surface area contributed by atoms with Crippen molar-refractivity contribution in [1.29, 1.82) is 0 Å². The summed E-state index contributed by atoms with van der Waals surface area (Å²) in [4.78, 5) is 31.4. The van der Waals surface area contributed by atoms with E-state index in [4.69, 9.17) is 14.2 Å². The van der Waals surface area contributed by atoms with Gasteiger partial charge in [0.25, 0.3) is 5.91 Å². The van der Waals surface area contributed by atoms with Crippen LogP contribution in [0.15, 0.2) is 42.5 Å². The summed E-state index contributed by atoms with van der Waals surface area (Å²) in [7, 11) is 3.75. The van der Waals surface area contributed by atoms with E-state index in [1.54, 1.807) is 24.1 Å². The first-order valence-electron chi connectivity index (χ1n) is 17.1. The number of nitrogens with one attached hydrogen (secondary N) is 1. The van der Waals surface area contributed by atoms with Gasteiger partial charge in [0.15, 0.2) is 0 Å². The van der Waals surface area contributed by atoms with Crippen molar-refractivity contribution in [3.63, 3.8) is 0 Å². The molecule has 2 N–H and O–H groups in total. The number of hydrogen-bond acceptors (Lipinski definition) is 7. The van der Waals surface area contributed by atoms with Gasteiger partial charge in [-0.15, -0.1) is 0 Å². The number of nitrogens with zero attached hydrogens (tertiary/aromatic N) is 2. The molecule has 2 aliphatic rings. The molecule has 1 saturated carbocycles. The van der Waals surface area contributed by atoms with Crippen LogP contribution in [-0.4, -0.2) is 85.4 Å². The Morgan fingerprint density at radius 2 is 1.78 bits per heavy atom. The average molecular weight is 638 g/mol. The molecular weight excluding hydrogens is 582 g/mol. The number of carbonyl (C=O) groups is 2. The molecule has 9 heteroatoms. The molecule has 0 unspecified atom stereocenters. The number of carbonyl (C=O) groups excluding carboxylic acids is 2. The number of benzene rings is 2. The topological polar surface area (TPSA) is 101 Å². The summed E-state index contributed by atoms with van der Waals surface area (Å²) in [5.41, 5.74) is 2.16. The third-order valence-corrected chi connectivity index (χ3v) is 9.40. The summed E-state index contributed by atoms with van der Waals surface area (Å²) in [6.07, 6.45) is 7.56. The quantitative estimate of drug-likeness (QED) is 0.341. The molecule has 0 bridgehead atoms. The second-order valence-corrected chi connectivity index (χ2v) is 13.4. The second-order valence-electron chi connectivity index (χ2n) is 13.4. The van der Waals surface area contributed by atoms with Crippen LogP contribution in [0.25, 0.3) is 0 Å². The highest BCUT2D eigenvalue weighted by Crippen LogP contribution is 2.30. The highest BCUT2D eigenvalue weighted by Gasteiger charge is 2.31. The maximum Gasteiger partial charge on any atom is 0.258 e. The van der Waals surface area contributed by atoms with Gasteiger partial charge in [-0.3, -0.25) is 14.5 Å². The molecule has 4 rings (SSSR count). The van der Waals surface area contributed by atoms with Crippen molar-refractivity contribution in [2.45, 2.75) is 96.9 Å². The lowest BCUT2D eigenvalue weighted by atomic mass is 9.88. The predicted octanol–water partition coefficient (Wildman–Crippen LogP) is 6.14. The Morgan fingerprint density at radius 3 is 2.48 bits per heavy atom. The number of methoxy groups -OCH3 is 1. The summed E-state index contributed by atoms with van der Waals surface area (Å²) in [6, 6.07) is 13.0. The SMILES string of the molecule is COc1ccc(CN(C)C[C@@H]2OCCCC[C@@H](C)Oc3ccc(NC(=O)C4CCCCC4)cc3C(=O)N([C@H](C)CO)C[C@H]2C)cc1. The zero-order chi connectivity index (χ0) is 33.1. The maximum atomic E-state index is 14.4. The molecular formula is C37H55N3O6. The van der Waals surface area contributed by atoms with Crippen molar-refractivity contribution >= 4 is 17.5 Å². The first-order chi connectivity index (χ1) is 22.2. The number of hydrogen-bond donors (Lipinski definition) is 2. The van der Waals surface area contributed by atoms with Crippen molar-refractivity contribution in [3.8, 4) is 11.5 Å². The van der Waals surface area contributed by atoms with Crippen LogP contribution in [0, 0.1) is 11.8 Å². The van der Waals surface area contributed by atoms with Gasteiger partial charge in [0, 0.05) is 43.8 Å². The third-order valence-electron chi connectivity index (χ3n) is 9.40. The number of likely N-dealkylation sites (N-methyl/N-ethyl adjacent to an activating group) is 1. The van der Waals surface area contributed by atoms with Gasteiger partial charge in [0.2, 0.25) is 5.91 Å². The van der Waals surface area contributed by atoms with Crippen LogP contribution >= 0.6 is 0 Å². The van der Waals surface area contributed by atoms with E-state index in [1.165, 1.54) is 12.0 Å². The minimum absolute atomic E-state index is 0.000868. The Balaban J connectivity index is 1.57. The van der Waals surface area contributed by atoms with Crippen molar-refractivity contribution in [1.82, 2.24) is 9.80 Å². The summed E-state index contributed by atoms with van der Waals surface area (Å²) >= 11 is 0. The van der Waals surface area contributed by atoms with Crippen molar-refractivity contribution < 1.29 is 28.9 Å². The molecule has 1 fully saturated rings. The van der Waals surface area contributed by atoms with E-state index in [0.717, 1.165) is 57.2 Å². The number of ether oxygens (including phenoxy) is 3. The summed E-state index contributed by atoms with van der Waals surface area (Å²) in [6.45, 7) is 8.29. The summed E-state index contributed by atoms with van der Waals surface area (Å²) < 4.78 is 18.2. The smallest absolute Gasteiger partial charge is 0.258 e. The molecule has 0 spiro atoms. The van der Waals surface area contributed by atoms with Gasteiger partial charge >= 0.3 is 0 Å². The highest BCUT2D eigenvalue weighted by molar-refractivity contribution is 6.00. The van der Waals surface area contributed by atoms with Gasteiger partial charge < -0.3 is 29.5 Å². The van der Waals surface area contributed by atoms with Crippen molar-refractivity contribution in [2.24, 2.45) is 11.8 Å². The Kier molecular flexibility index (Phi) is 13.7. The Hall–Kier alpha value is -3.14. The van der Waals surface area contributed by atoms with Crippen molar-refractivity contribution in [3.05, 3.63) is 53.6 Å². The number of rotatable bonds is 9. The normalized spacial score (nSPS) is 22.8. The molecule has 4 atom stereocenters. The molecule has 2 amide bonds. The van der Waals surface area contributed by atoms with Gasteiger partial charge in [-0.2, -0.15) is 0 Å². The van der Waals surface area contributed by atoms with E-state index < -0.39 is 6.04 Å². The molecule has 9 nitrogen and oxygen atoms in total. The van der Waals surface area contributed by atoms with E-state index in [1.807, 2.05) is 32.0 Å². The van der Waals surface area contributed by atoms with Gasteiger partial charge in [0.1, 0.15) is 11.5 Å². The predicted molar refractivity (Wildman–Crippen MR) is 181 cm³/mol. The van der Waals surface area contributed by atoms with Crippen LogP contribution < -0.4 is 14.8 Å².